The van der Waals surface area contributed by atoms with E-state index < -0.39 is 36.1 Å². The Hall–Kier alpha value is -3.24. The number of carboxylic acids is 1. The van der Waals surface area contributed by atoms with Gasteiger partial charge in [0.2, 0.25) is 0 Å². The number of rotatable bonds is 5. The smallest absolute Gasteiger partial charge is 0.416 e. The highest BCUT2D eigenvalue weighted by Crippen LogP contribution is 2.31. The van der Waals surface area contributed by atoms with Gasteiger partial charge in [-0.25, -0.2) is 0 Å². The number of aliphatic hydroxyl groups excluding tert-OH is 1. The molecule has 1 aromatic carbocycles. The van der Waals surface area contributed by atoms with E-state index in [1.54, 1.807) is 0 Å². The molecular formula is C22H27F3N2O6. The van der Waals surface area contributed by atoms with E-state index in [0.29, 0.717) is 12.3 Å². The van der Waals surface area contributed by atoms with Crippen LogP contribution in [0.5, 0.6) is 5.75 Å². The van der Waals surface area contributed by atoms with Crippen molar-refractivity contribution in [3.05, 3.63) is 41.2 Å². The summed E-state index contributed by atoms with van der Waals surface area (Å²) in [5.41, 5.74) is -1.01. The molecule has 1 aliphatic carbocycles. The average Bonchev–Trinajstić information content (AvgIpc) is 2.76. The zero-order chi connectivity index (χ0) is 24.6. The summed E-state index contributed by atoms with van der Waals surface area (Å²) in [6, 6.07) is 4.94. The topological polar surface area (TPSA) is 116 Å². The lowest BCUT2D eigenvalue weighted by molar-refractivity contribution is -0.138. The second kappa shape index (κ2) is 11.6. The Morgan fingerprint density at radius 3 is 2.30 bits per heavy atom. The van der Waals surface area contributed by atoms with Crippen LogP contribution in [0.2, 0.25) is 0 Å². The third kappa shape index (κ3) is 7.99. The number of amides is 2. The summed E-state index contributed by atoms with van der Waals surface area (Å²) < 4.78 is 42.7. The first-order chi connectivity index (χ1) is 15.5. The molecule has 0 unspecified atom stereocenters. The molecule has 182 valence electrons. The van der Waals surface area contributed by atoms with Gasteiger partial charge in [0.05, 0.1) is 11.7 Å². The Morgan fingerprint density at radius 1 is 1.15 bits per heavy atom. The maximum atomic E-state index is 12.3. The van der Waals surface area contributed by atoms with Gasteiger partial charge >= 0.3 is 12.1 Å². The van der Waals surface area contributed by atoms with E-state index in [2.05, 4.69) is 0 Å². The average molecular weight is 472 g/mol. The number of carboxylic acid groups (broad SMARTS) is 1. The van der Waals surface area contributed by atoms with Crippen molar-refractivity contribution in [2.45, 2.75) is 50.8 Å². The predicted octanol–water partition coefficient (Wildman–Crippen LogP) is 3.28. The van der Waals surface area contributed by atoms with Crippen LogP contribution >= 0.6 is 0 Å². The fourth-order valence-corrected chi connectivity index (χ4v) is 3.38. The second-order valence-electron chi connectivity index (χ2n) is 7.77. The van der Waals surface area contributed by atoms with E-state index in [1.165, 1.54) is 30.5 Å². The van der Waals surface area contributed by atoms with E-state index in [4.69, 9.17) is 9.84 Å². The van der Waals surface area contributed by atoms with Crippen molar-refractivity contribution in [1.29, 1.82) is 0 Å². The summed E-state index contributed by atoms with van der Waals surface area (Å²) in [6.45, 7) is -0.257. The molecule has 1 heterocycles. The van der Waals surface area contributed by atoms with Gasteiger partial charge in [-0.2, -0.15) is 13.2 Å². The Bertz CT molecular complexity index is 877. The number of aliphatic hydroxyl groups is 1. The Morgan fingerprint density at radius 2 is 1.76 bits per heavy atom. The summed E-state index contributed by atoms with van der Waals surface area (Å²) in [4.78, 5) is 34.5. The van der Waals surface area contributed by atoms with Crippen LogP contribution < -0.4 is 10.1 Å². The third-order valence-electron chi connectivity index (χ3n) is 5.20. The molecule has 2 amide bonds. The molecule has 0 spiro atoms. The number of hydrogen-bond acceptors (Lipinski definition) is 5. The van der Waals surface area contributed by atoms with Gasteiger partial charge in [0.15, 0.2) is 0 Å². The van der Waals surface area contributed by atoms with Crippen molar-refractivity contribution in [3.63, 3.8) is 0 Å². The minimum atomic E-state index is -4.27. The monoisotopic (exact) mass is 472 g/mol. The maximum absolute atomic E-state index is 12.3. The standard InChI is InChI=1S/C13H15F3O.C9H12N2O5/c14-13(15,16)10-6-8-12(9-7-10)17-11-4-2-1-3-5-11;1-11-3-2-5(12)7(9(11)16)8(15)10-4-6(13)14/h6-9,11H,1-5H2;12H,2-4H2,1H3,(H,10,15)(H,13,14). The molecule has 8 nitrogen and oxygen atoms in total. The molecule has 0 aromatic heterocycles. The molecule has 0 radical (unpaired) electrons. The van der Waals surface area contributed by atoms with Crippen LogP contribution in [0.1, 0.15) is 44.1 Å². The van der Waals surface area contributed by atoms with Crippen molar-refractivity contribution in [1.82, 2.24) is 10.2 Å². The van der Waals surface area contributed by atoms with Crippen LogP contribution in [0.3, 0.4) is 0 Å². The number of carbonyl (C=O) groups excluding carboxylic acids is 2. The van der Waals surface area contributed by atoms with Gasteiger partial charge in [-0.05, 0) is 49.9 Å². The van der Waals surface area contributed by atoms with Gasteiger partial charge in [0, 0.05) is 20.0 Å². The molecule has 1 fully saturated rings. The molecule has 2 aliphatic rings. The van der Waals surface area contributed by atoms with Crippen LogP contribution in [-0.2, 0) is 20.6 Å². The molecule has 3 N–H and O–H groups in total. The lowest BCUT2D eigenvalue weighted by atomic mass is 9.98. The highest BCUT2D eigenvalue weighted by Gasteiger charge is 2.31. The minimum Gasteiger partial charge on any atom is -0.511 e. The van der Waals surface area contributed by atoms with E-state index in [1.807, 2.05) is 5.32 Å². The van der Waals surface area contributed by atoms with E-state index >= 15 is 0 Å². The van der Waals surface area contributed by atoms with Gasteiger partial charge in [-0.15, -0.1) is 0 Å². The van der Waals surface area contributed by atoms with Gasteiger partial charge in [-0.1, -0.05) is 6.42 Å². The first-order valence-electron chi connectivity index (χ1n) is 10.5. The second-order valence-corrected chi connectivity index (χ2v) is 7.77. The predicted molar refractivity (Wildman–Crippen MR) is 111 cm³/mol. The van der Waals surface area contributed by atoms with Crippen molar-refractivity contribution < 1.29 is 42.5 Å². The highest BCUT2D eigenvalue weighted by molar-refractivity contribution is 6.19. The molecule has 1 aliphatic heterocycles. The SMILES string of the molecule is CN1CCC(O)=C(C(=O)NCC(=O)O)C1=O.FC(F)(F)c1ccc(OC2CCCCC2)cc1. The number of halogens is 3. The molecule has 1 aromatic rings. The van der Waals surface area contributed by atoms with Crippen molar-refractivity contribution in [2.24, 2.45) is 0 Å². The largest absolute Gasteiger partial charge is 0.511 e. The molecular weight excluding hydrogens is 445 g/mol. The Kier molecular flexibility index (Phi) is 9.12. The molecule has 0 bridgehead atoms. The number of nitrogens with one attached hydrogen (secondary N) is 1. The number of carbonyl (C=O) groups is 3. The maximum Gasteiger partial charge on any atom is 0.416 e. The van der Waals surface area contributed by atoms with E-state index in [9.17, 15) is 32.7 Å². The van der Waals surface area contributed by atoms with Gasteiger partial charge < -0.3 is 25.2 Å². The number of benzene rings is 1. The summed E-state index contributed by atoms with van der Waals surface area (Å²) >= 11 is 0. The molecule has 0 atom stereocenters. The quantitative estimate of drug-likeness (QED) is 0.567. The summed E-state index contributed by atoms with van der Waals surface area (Å²) in [5.74, 6) is -2.45. The summed E-state index contributed by atoms with van der Waals surface area (Å²) in [5, 5.41) is 19.8. The van der Waals surface area contributed by atoms with E-state index in [0.717, 1.165) is 37.8 Å². The summed E-state index contributed by atoms with van der Waals surface area (Å²) in [7, 11) is 1.50. The first-order valence-corrected chi connectivity index (χ1v) is 10.5. The van der Waals surface area contributed by atoms with Crippen LogP contribution in [0, 0.1) is 0 Å². The number of alkyl halides is 3. The Balaban J connectivity index is 0.000000234. The van der Waals surface area contributed by atoms with Crippen molar-refractivity contribution >= 4 is 17.8 Å². The number of aliphatic carboxylic acids is 1. The highest BCUT2D eigenvalue weighted by atomic mass is 19.4. The van der Waals surface area contributed by atoms with Crippen LogP contribution in [-0.4, -0.2) is 59.1 Å². The summed E-state index contributed by atoms with van der Waals surface area (Å²) in [6.07, 6.45) is 1.60. The number of likely N-dealkylation sites (N-methyl/N-ethyl adjacent to an activating group) is 1. The van der Waals surface area contributed by atoms with Crippen molar-refractivity contribution in [3.8, 4) is 5.75 Å². The normalized spacial score (nSPS) is 17.2. The first kappa shape index (κ1) is 26.0. The van der Waals surface area contributed by atoms with Gasteiger partial charge in [0.25, 0.3) is 11.8 Å². The fraction of sp³-hybridized carbons (Fsp3) is 0.500. The van der Waals surface area contributed by atoms with Crippen molar-refractivity contribution in [2.75, 3.05) is 20.1 Å². The minimum absolute atomic E-state index is 0.167. The third-order valence-corrected chi connectivity index (χ3v) is 5.20. The van der Waals surface area contributed by atoms with E-state index in [-0.39, 0.29) is 23.9 Å². The lowest BCUT2D eigenvalue weighted by Crippen LogP contribution is -2.41. The lowest BCUT2D eigenvalue weighted by Gasteiger charge is -2.23. The number of nitrogens with zero attached hydrogens (tertiary/aromatic N) is 1. The number of hydrogen-bond donors (Lipinski definition) is 3. The molecule has 1 saturated carbocycles. The zero-order valence-electron chi connectivity index (χ0n) is 18.2. The molecule has 3 rings (SSSR count). The van der Waals surface area contributed by atoms with Gasteiger partial charge in [-0.3, -0.25) is 14.4 Å². The number of ether oxygens (including phenoxy) is 1. The molecule has 33 heavy (non-hydrogen) atoms. The zero-order valence-corrected chi connectivity index (χ0v) is 18.2. The van der Waals surface area contributed by atoms with Gasteiger partial charge in [0.1, 0.15) is 23.6 Å². The van der Waals surface area contributed by atoms with Crippen LogP contribution in [0.15, 0.2) is 35.6 Å². The van der Waals surface area contributed by atoms with Crippen LogP contribution in [0.4, 0.5) is 13.2 Å². The Labute approximate surface area is 189 Å². The molecule has 0 saturated heterocycles. The fourth-order valence-electron chi connectivity index (χ4n) is 3.38. The molecule has 11 heteroatoms. The van der Waals surface area contributed by atoms with Crippen LogP contribution in [0.25, 0.3) is 0 Å².